The van der Waals surface area contributed by atoms with Gasteiger partial charge in [-0.2, -0.15) is 0 Å². The summed E-state index contributed by atoms with van der Waals surface area (Å²) in [5.41, 5.74) is 7.67. The van der Waals surface area contributed by atoms with Crippen LogP contribution in [0.5, 0.6) is 0 Å². The largest absolute Gasteiger partial charge is 0.384 e. The van der Waals surface area contributed by atoms with Gasteiger partial charge in [-0.1, -0.05) is 17.8 Å². The van der Waals surface area contributed by atoms with E-state index in [2.05, 4.69) is 30.8 Å². The summed E-state index contributed by atoms with van der Waals surface area (Å²) in [6.07, 6.45) is 7.17. The van der Waals surface area contributed by atoms with E-state index >= 15 is 0 Å². The maximum Gasteiger partial charge on any atom is 0.270 e. The Balaban J connectivity index is 1.35. The van der Waals surface area contributed by atoms with Crippen LogP contribution in [0.25, 0.3) is 0 Å². The lowest BCUT2D eigenvalue weighted by atomic mass is 10.1. The second kappa shape index (κ2) is 10.9. The fourth-order valence-corrected chi connectivity index (χ4v) is 4.53. The van der Waals surface area contributed by atoms with Crippen LogP contribution >= 0.6 is 11.3 Å². The molecule has 2 amide bonds. The van der Waals surface area contributed by atoms with Crippen LogP contribution in [0.4, 0.5) is 21.5 Å². The molecule has 0 radical (unpaired) electrons. The molecular weight excluding hydrogens is 438 g/mol. The van der Waals surface area contributed by atoms with Crippen molar-refractivity contribution >= 4 is 44.7 Å². The lowest BCUT2D eigenvalue weighted by Gasteiger charge is -2.26. The van der Waals surface area contributed by atoms with Gasteiger partial charge in [0.2, 0.25) is 0 Å². The maximum absolute atomic E-state index is 12.7. The number of hydrogen-bond acceptors (Lipinski definition) is 8. The number of anilines is 4. The average Bonchev–Trinajstić information content (AvgIpc) is 3.23. The molecule has 172 valence electrons. The van der Waals surface area contributed by atoms with Gasteiger partial charge in [0.15, 0.2) is 10.8 Å². The van der Waals surface area contributed by atoms with E-state index in [1.165, 1.54) is 32.4 Å². The summed E-state index contributed by atoms with van der Waals surface area (Å²) in [7, 11) is 0. The molecule has 5 N–H and O–H groups in total. The van der Waals surface area contributed by atoms with Crippen molar-refractivity contribution in [1.29, 1.82) is 0 Å². The van der Waals surface area contributed by atoms with E-state index in [1.807, 2.05) is 12.1 Å². The number of aromatic nitrogens is 2. The second-order valence-corrected chi connectivity index (χ2v) is 8.78. The molecule has 0 bridgehead atoms. The molecule has 0 saturated carbocycles. The van der Waals surface area contributed by atoms with Crippen molar-refractivity contribution in [2.75, 3.05) is 42.1 Å². The number of piperidine rings is 1. The summed E-state index contributed by atoms with van der Waals surface area (Å²) in [5.74, 6) is -1.05. The quantitative estimate of drug-likeness (QED) is 0.381. The lowest BCUT2D eigenvalue weighted by Crippen LogP contribution is -2.33. The van der Waals surface area contributed by atoms with Gasteiger partial charge >= 0.3 is 0 Å². The summed E-state index contributed by atoms with van der Waals surface area (Å²) < 4.78 is 0. The van der Waals surface area contributed by atoms with Gasteiger partial charge in [-0.05, 0) is 62.3 Å². The Morgan fingerprint density at radius 3 is 2.42 bits per heavy atom. The van der Waals surface area contributed by atoms with Crippen LogP contribution < -0.4 is 21.7 Å². The van der Waals surface area contributed by atoms with Crippen LogP contribution in [0.1, 0.15) is 40.1 Å². The second-order valence-electron chi connectivity index (χ2n) is 7.78. The summed E-state index contributed by atoms with van der Waals surface area (Å²) in [6, 6.07) is 10.8. The molecule has 0 atom stereocenters. The summed E-state index contributed by atoms with van der Waals surface area (Å²) >= 11 is 1.14. The Hall–Kier alpha value is -3.50. The van der Waals surface area contributed by atoms with E-state index < -0.39 is 5.91 Å². The number of likely N-dealkylation sites (tertiary alicyclic amines) is 1. The number of nitrogens with two attached hydrogens (primary N) is 1. The third-order valence-electron chi connectivity index (χ3n) is 5.37. The fraction of sp³-hybridized carbons (Fsp3) is 0.304. The molecule has 4 rings (SSSR count). The highest BCUT2D eigenvalue weighted by atomic mass is 32.1. The van der Waals surface area contributed by atoms with Crippen molar-refractivity contribution in [2.45, 2.75) is 19.3 Å². The Labute approximate surface area is 196 Å². The van der Waals surface area contributed by atoms with Gasteiger partial charge in [0.1, 0.15) is 5.00 Å². The predicted octanol–water partition coefficient (Wildman–Crippen LogP) is 3.53. The minimum absolute atomic E-state index is 0.0147. The first-order chi connectivity index (χ1) is 16.1. The monoisotopic (exact) mass is 465 g/mol. The average molecular weight is 466 g/mol. The van der Waals surface area contributed by atoms with E-state index in [4.69, 9.17) is 5.73 Å². The first-order valence-electron chi connectivity index (χ1n) is 10.9. The molecule has 1 aliphatic heterocycles. The fourth-order valence-electron chi connectivity index (χ4n) is 3.64. The molecule has 0 aliphatic carbocycles. The number of rotatable bonds is 9. The van der Waals surface area contributed by atoms with Gasteiger partial charge in [0.05, 0.1) is 0 Å². The van der Waals surface area contributed by atoms with Gasteiger partial charge in [-0.3, -0.25) is 14.6 Å². The number of nitrogens with one attached hydrogen (secondary N) is 3. The van der Waals surface area contributed by atoms with E-state index in [9.17, 15) is 9.59 Å². The van der Waals surface area contributed by atoms with E-state index in [-0.39, 0.29) is 11.6 Å². The van der Waals surface area contributed by atoms with E-state index in [0.29, 0.717) is 15.7 Å². The van der Waals surface area contributed by atoms with Crippen molar-refractivity contribution in [3.05, 3.63) is 60.0 Å². The lowest BCUT2D eigenvalue weighted by molar-refractivity contribution is 0.0997. The number of nitrogens with zero attached hydrogens (tertiary/aromatic N) is 3. The van der Waals surface area contributed by atoms with Crippen LogP contribution in [-0.2, 0) is 0 Å². The molecule has 3 aromatic rings. The van der Waals surface area contributed by atoms with Gasteiger partial charge in [0, 0.05) is 42.4 Å². The maximum atomic E-state index is 12.7. The van der Waals surface area contributed by atoms with Gasteiger partial charge in [-0.15, -0.1) is 0 Å². The van der Waals surface area contributed by atoms with Crippen LogP contribution in [0.15, 0.2) is 48.8 Å². The summed E-state index contributed by atoms with van der Waals surface area (Å²) in [4.78, 5) is 35.2. The first-order valence-corrected chi connectivity index (χ1v) is 11.8. The van der Waals surface area contributed by atoms with Crippen LogP contribution in [0, 0.1) is 0 Å². The zero-order valence-corrected chi connectivity index (χ0v) is 19.0. The molecule has 9 nitrogen and oxygen atoms in total. The number of primary amides is 1. The third-order valence-corrected chi connectivity index (χ3v) is 6.26. The molecule has 3 heterocycles. The van der Waals surface area contributed by atoms with Gasteiger partial charge in [0.25, 0.3) is 11.8 Å². The van der Waals surface area contributed by atoms with E-state index in [1.54, 1.807) is 36.7 Å². The number of pyridine rings is 1. The molecule has 1 saturated heterocycles. The molecule has 2 aromatic heterocycles. The molecule has 1 fully saturated rings. The summed E-state index contributed by atoms with van der Waals surface area (Å²) in [5, 5.41) is 9.98. The Bertz CT molecular complexity index is 1080. The van der Waals surface area contributed by atoms with E-state index in [0.717, 1.165) is 35.8 Å². The number of carbonyl (C=O) groups excluding carboxylic acids is 2. The highest BCUT2D eigenvalue weighted by Gasteiger charge is 2.19. The topological polar surface area (TPSA) is 125 Å². The Morgan fingerprint density at radius 1 is 1.00 bits per heavy atom. The Morgan fingerprint density at radius 2 is 1.73 bits per heavy atom. The van der Waals surface area contributed by atoms with Gasteiger partial charge < -0.3 is 26.6 Å². The predicted molar refractivity (Wildman–Crippen MR) is 131 cm³/mol. The summed E-state index contributed by atoms with van der Waals surface area (Å²) in [6.45, 7) is 4.22. The Kier molecular flexibility index (Phi) is 7.48. The first kappa shape index (κ1) is 22.7. The van der Waals surface area contributed by atoms with Crippen molar-refractivity contribution in [2.24, 2.45) is 5.73 Å². The highest BCUT2D eigenvalue weighted by Crippen LogP contribution is 2.30. The normalized spacial score (nSPS) is 13.9. The number of benzene rings is 1. The zero-order chi connectivity index (χ0) is 23.0. The number of carbonyl (C=O) groups is 2. The van der Waals surface area contributed by atoms with Crippen molar-refractivity contribution < 1.29 is 9.59 Å². The molecule has 1 aromatic carbocycles. The van der Waals surface area contributed by atoms with Crippen LogP contribution in [0.3, 0.4) is 0 Å². The number of hydrogen-bond donors (Lipinski definition) is 4. The smallest absolute Gasteiger partial charge is 0.270 e. The van der Waals surface area contributed by atoms with Crippen molar-refractivity contribution in [3.63, 3.8) is 0 Å². The number of thiazole rings is 1. The highest BCUT2D eigenvalue weighted by molar-refractivity contribution is 7.20. The molecule has 1 aliphatic rings. The molecule has 0 unspecified atom stereocenters. The van der Waals surface area contributed by atoms with Crippen LogP contribution in [0.2, 0.25) is 0 Å². The van der Waals surface area contributed by atoms with Crippen molar-refractivity contribution in [3.8, 4) is 0 Å². The minimum Gasteiger partial charge on any atom is -0.384 e. The zero-order valence-electron chi connectivity index (χ0n) is 18.2. The molecule has 0 spiro atoms. The molecule has 10 heteroatoms. The standard InChI is InChI=1S/C23H27N7O2S/c24-20(31)19-22(33-23(28-19)27-18-8-10-25-11-9-18)29-21(32)16-4-6-17(7-5-16)26-12-15-30-13-2-1-3-14-30/h4-11,26H,1-3,12-15H2,(H2,24,31)(H,29,32)(H,25,27,28). The van der Waals surface area contributed by atoms with Gasteiger partial charge in [-0.25, -0.2) is 4.98 Å². The third kappa shape index (κ3) is 6.27. The number of amides is 2. The molecule has 33 heavy (non-hydrogen) atoms. The SMILES string of the molecule is NC(=O)c1nc(Nc2ccncc2)sc1NC(=O)c1ccc(NCCN2CCCCC2)cc1. The molecular formula is C23H27N7O2S. The van der Waals surface area contributed by atoms with Crippen molar-refractivity contribution in [1.82, 2.24) is 14.9 Å². The minimum atomic E-state index is -0.711. The van der Waals surface area contributed by atoms with Crippen LogP contribution in [-0.4, -0.2) is 52.9 Å².